The summed E-state index contributed by atoms with van der Waals surface area (Å²) in [4.78, 5) is 17.2. The molecule has 2 N–H and O–H groups in total. The first-order valence-electron chi connectivity index (χ1n) is 7.96. The molecule has 0 saturated carbocycles. The highest BCUT2D eigenvalue weighted by Crippen LogP contribution is 2.34. The third kappa shape index (κ3) is 3.97. The zero-order chi connectivity index (χ0) is 18.5. The summed E-state index contributed by atoms with van der Waals surface area (Å²) in [5.74, 6) is 0.240. The molecule has 132 valence electrons. The number of ether oxygens (including phenoxy) is 1. The van der Waals surface area contributed by atoms with Crippen LogP contribution < -0.4 is 10.1 Å². The van der Waals surface area contributed by atoms with Crippen molar-refractivity contribution < 1.29 is 14.6 Å². The Kier molecular flexibility index (Phi) is 5.43. The molecular weight excluding hydrogens is 348 g/mol. The minimum atomic E-state index is -0.206. The Morgan fingerprint density at radius 2 is 2.08 bits per heavy atom. The highest BCUT2D eigenvalue weighted by atomic mass is 32.2. The van der Waals surface area contributed by atoms with Gasteiger partial charge in [0.25, 0.3) is 5.91 Å². The number of phenols is 1. The summed E-state index contributed by atoms with van der Waals surface area (Å²) in [6, 6.07) is 12.9. The van der Waals surface area contributed by atoms with Crippen molar-refractivity contribution in [3.8, 4) is 11.5 Å². The van der Waals surface area contributed by atoms with Crippen LogP contribution in [0, 0.1) is 0 Å². The second-order valence-corrected chi connectivity index (χ2v) is 6.57. The van der Waals surface area contributed by atoms with Gasteiger partial charge in [0.15, 0.2) is 16.7 Å². The Bertz CT molecular complexity index is 905. The quantitative estimate of drug-likeness (QED) is 0.619. The second-order valence-electron chi connectivity index (χ2n) is 5.54. The second kappa shape index (κ2) is 7.93. The van der Waals surface area contributed by atoms with Crippen LogP contribution in [0.4, 0.5) is 5.69 Å². The average Bonchev–Trinajstić information content (AvgIpc) is 2.97. The van der Waals surface area contributed by atoms with Crippen LogP contribution in [-0.4, -0.2) is 23.3 Å². The Morgan fingerprint density at radius 1 is 1.31 bits per heavy atom. The average molecular weight is 366 g/mol. The van der Waals surface area contributed by atoms with E-state index in [1.54, 1.807) is 18.2 Å². The van der Waals surface area contributed by atoms with Crippen LogP contribution in [-0.2, 0) is 11.2 Å². The number of carbonyl (C=O) groups is 1. The normalized spacial score (nSPS) is 16.7. The van der Waals surface area contributed by atoms with Crippen molar-refractivity contribution in [2.24, 2.45) is 4.99 Å². The Labute approximate surface area is 156 Å². The van der Waals surface area contributed by atoms with Crippen molar-refractivity contribution in [3.63, 3.8) is 0 Å². The summed E-state index contributed by atoms with van der Waals surface area (Å²) >= 11 is 1.27. The van der Waals surface area contributed by atoms with E-state index in [-0.39, 0.29) is 11.7 Å². The van der Waals surface area contributed by atoms with Crippen molar-refractivity contribution in [1.29, 1.82) is 0 Å². The van der Waals surface area contributed by atoms with E-state index in [1.807, 2.05) is 36.4 Å². The van der Waals surface area contributed by atoms with Crippen molar-refractivity contribution >= 4 is 34.6 Å². The van der Waals surface area contributed by atoms with Crippen molar-refractivity contribution in [2.75, 3.05) is 7.11 Å². The number of nitrogens with zero attached hydrogens (tertiary/aromatic N) is 1. The first-order valence-corrected chi connectivity index (χ1v) is 8.77. The maximum absolute atomic E-state index is 12.2. The number of methoxy groups -OCH3 is 1. The molecule has 0 bridgehead atoms. The van der Waals surface area contributed by atoms with Crippen LogP contribution in [0.5, 0.6) is 11.5 Å². The predicted molar refractivity (Wildman–Crippen MR) is 106 cm³/mol. The van der Waals surface area contributed by atoms with Crippen LogP contribution in [0.3, 0.4) is 0 Å². The highest BCUT2D eigenvalue weighted by Gasteiger charge is 2.24. The third-order valence-corrected chi connectivity index (χ3v) is 4.61. The lowest BCUT2D eigenvalue weighted by molar-refractivity contribution is -0.115. The number of aromatic hydroxyl groups is 1. The van der Waals surface area contributed by atoms with E-state index in [0.717, 1.165) is 11.3 Å². The number of allylic oxidation sites excluding steroid dienone is 1. The van der Waals surface area contributed by atoms with E-state index in [4.69, 9.17) is 4.74 Å². The van der Waals surface area contributed by atoms with Gasteiger partial charge in [-0.25, -0.2) is 4.99 Å². The van der Waals surface area contributed by atoms with Gasteiger partial charge < -0.3 is 15.2 Å². The van der Waals surface area contributed by atoms with Crippen LogP contribution in [0.15, 0.2) is 65.0 Å². The fraction of sp³-hybridized carbons (Fsp3) is 0.100. The SMILES string of the molecule is C=CCc1cc(C=C2SC(=Nc3ccccc3)NC2=O)cc(OC)c1O. The van der Waals surface area contributed by atoms with Crippen molar-refractivity contribution in [2.45, 2.75) is 6.42 Å². The number of amidine groups is 1. The lowest BCUT2D eigenvalue weighted by Gasteiger charge is -2.09. The Hall–Kier alpha value is -2.99. The number of benzene rings is 2. The zero-order valence-electron chi connectivity index (χ0n) is 14.2. The molecule has 1 heterocycles. The number of phenolic OH excluding ortho intramolecular Hbond substituents is 1. The van der Waals surface area contributed by atoms with E-state index < -0.39 is 0 Å². The van der Waals surface area contributed by atoms with E-state index in [0.29, 0.717) is 27.8 Å². The monoisotopic (exact) mass is 366 g/mol. The predicted octanol–water partition coefficient (Wildman–Crippen LogP) is 4.02. The summed E-state index contributed by atoms with van der Waals surface area (Å²) < 4.78 is 5.22. The number of thioether (sulfide) groups is 1. The molecule has 6 heteroatoms. The third-order valence-electron chi connectivity index (χ3n) is 3.70. The maximum atomic E-state index is 12.2. The number of aliphatic imine (C=N–C) groups is 1. The molecule has 2 aromatic carbocycles. The van der Waals surface area contributed by atoms with Crippen LogP contribution in [0.25, 0.3) is 6.08 Å². The van der Waals surface area contributed by atoms with Gasteiger partial charge in [0, 0.05) is 5.56 Å². The Morgan fingerprint density at radius 3 is 2.77 bits per heavy atom. The first kappa shape index (κ1) is 17.8. The van der Waals surface area contributed by atoms with Gasteiger partial charge in [0.05, 0.1) is 17.7 Å². The molecule has 1 fully saturated rings. The summed E-state index contributed by atoms with van der Waals surface area (Å²) in [5, 5.41) is 13.5. The van der Waals surface area contributed by atoms with Gasteiger partial charge in [0.2, 0.25) is 0 Å². The number of carbonyl (C=O) groups excluding carboxylic acids is 1. The van der Waals surface area contributed by atoms with Crippen LogP contribution >= 0.6 is 11.8 Å². The summed E-state index contributed by atoms with van der Waals surface area (Å²) in [6.07, 6.45) is 3.95. The Balaban J connectivity index is 1.90. The smallest absolute Gasteiger partial charge is 0.264 e. The minimum Gasteiger partial charge on any atom is -0.504 e. The first-order chi connectivity index (χ1) is 12.6. The van der Waals surface area contributed by atoms with E-state index in [9.17, 15) is 9.90 Å². The fourth-order valence-electron chi connectivity index (χ4n) is 2.49. The van der Waals surface area contributed by atoms with Crippen LogP contribution in [0.1, 0.15) is 11.1 Å². The molecule has 2 aromatic rings. The van der Waals surface area contributed by atoms with E-state index in [2.05, 4.69) is 16.9 Å². The molecule has 0 radical (unpaired) electrons. The molecule has 0 aromatic heterocycles. The molecule has 5 nitrogen and oxygen atoms in total. The molecule has 0 aliphatic carbocycles. The number of rotatable bonds is 5. The molecule has 1 saturated heterocycles. The number of hydrogen-bond donors (Lipinski definition) is 2. The van der Waals surface area contributed by atoms with Crippen molar-refractivity contribution in [3.05, 3.63) is 71.2 Å². The standard InChI is InChI=1S/C20H18N2O3S/c1-3-7-14-10-13(11-16(25-2)18(14)23)12-17-19(24)22-20(26-17)21-15-8-5-4-6-9-15/h3-6,8-12,23H,1,7H2,2H3,(H,21,22,24). The van der Waals surface area contributed by atoms with Crippen LogP contribution in [0.2, 0.25) is 0 Å². The van der Waals surface area contributed by atoms with Gasteiger partial charge in [-0.2, -0.15) is 0 Å². The summed E-state index contributed by atoms with van der Waals surface area (Å²) in [6.45, 7) is 3.70. The van der Waals surface area contributed by atoms with Gasteiger partial charge in [0.1, 0.15) is 0 Å². The fourth-order valence-corrected chi connectivity index (χ4v) is 3.33. The van der Waals surface area contributed by atoms with E-state index >= 15 is 0 Å². The van der Waals surface area contributed by atoms with Gasteiger partial charge >= 0.3 is 0 Å². The number of hydrogen-bond acceptors (Lipinski definition) is 5. The molecule has 1 amide bonds. The number of amides is 1. The molecule has 26 heavy (non-hydrogen) atoms. The number of para-hydroxylation sites is 1. The van der Waals surface area contributed by atoms with Crippen molar-refractivity contribution in [1.82, 2.24) is 5.32 Å². The number of nitrogens with one attached hydrogen (secondary N) is 1. The lowest BCUT2D eigenvalue weighted by atomic mass is 10.1. The molecule has 0 spiro atoms. The van der Waals surface area contributed by atoms with Gasteiger partial charge in [-0.1, -0.05) is 24.3 Å². The van der Waals surface area contributed by atoms with Gasteiger partial charge in [-0.3, -0.25) is 4.79 Å². The van der Waals surface area contributed by atoms with Gasteiger partial charge in [-0.15, -0.1) is 6.58 Å². The summed E-state index contributed by atoms with van der Waals surface area (Å²) in [5.41, 5.74) is 2.22. The molecule has 1 aliphatic heterocycles. The zero-order valence-corrected chi connectivity index (χ0v) is 15.0. The topological polar surface area (TPSA) is 70.9 Å². The molecular formula is C20H18N2O3S. The lowest BCUT2D eigenvalue weighted by Crippen LogP contribution is -2.19. The molecule has 0 unspecified atom stereocenters. The minimum absolute atomic E-state index is 0.0874. The summed E-state index contributed by atoms with van der Waals surface area (Å²) in [7, 11) is 1.49. The van der Waals surface area contributed by atoms with Gasteiger partial charge in [-0.05, 0) is 54.1 Å². The van der Waals surface area contributed by atoms with E-state index in [1.165, 1.54) is 18.9 Å². The molecule has 3 rings (SSSR count). The molecule has 0 atom stereocenters. The largest absolute Gasteiger partial charge is 0.504 e. The molecule has 1 aliphatic rings. The maximum Gasteiger partial charge on any atom is 0.264 e. The highest BCUT2D eigenvalue weighted by molar-refractivity contribution is 8.18.